The lowest BCUT2D eigenvalue weighted by Gasteiger charge is -2.61. The Kier molecular flexibility index (Phi) is 5.77. The van der Waals surface area contributed by atoms with Crippen molar-refractivity contribution in [2.75, 3.05) is 20.6 Å². The van der Waals surface area contributed by atoms with Crippen LogP contribution in [-0.4, -0.2) is 62.2 Å². The summed E-state index contributed by atoms with van der Waals surface area (Å²) in [5.41, 5.74) is 0.475. The summed E-state index contributed by atoms with van der Waals surface area (Å²) >= 11 is 0. The minimum Gasteiger partial charge on any atom is -0.331 e. The Bertz CT molecular complexity index is 1240. The average Bonchev–Trinajstić information content (AvgIpc) is 2.97. The van der Waals surface area contributed by atoms with Gasteiger partial charge in [0.05, 0.1) is 18.0 Å². The fourth-order valence-corrected chi connectivity index (χ4v) is 6.49. The van der Waals surface area contributed by atoms with E-state index in [4.69, 9.17) is 0 Å². The van der Waals surface area contributed by atoms with Crippen molar-refractivity contribution in [2.45, 2.75) is 43.7 Å². The number of carbonyl (C=O) groups is 1. The van der Waals surface area contributed by atoms with Crippen LogP contribution in [0.4, 0.5) is 13.2 Å². The molecular formula is C25H28F3N3O3S. The monoisotopic (exact) mass is 507 g/mol. The molecule has 3 saturated carbocycles. The van der Waals surface area contributed by atoms with Crippen molar-refractivity contribution < 1.29 is 26.4 Å². The molecule has 4 aliphatic rings. The van der Waals surface area contributed by atoms with Crippen LogP contribution in [0.2, 0.25) is 0 Å². The van der Waals surface area contributed by atoms with Gasteiger partial charge < -0.3 is 4.90 Å². The Morgan fingerprint density at radius 1 is 1.09 bits per heavy atom. The zero-order valence-electron chi connectivity index (χ0n) is 19.5. The van der Waals surface area contributed by atoms with Crippen LogP contribution < -0.4 is 4.72 Å². The van der Waals surface area contributed by atoms with Crippen LogP contribution in [0.1, 0.15) is 24.8 Å². The maximum Gasteiger partial charge on any atom is 0.283 e. The molecule has 0 aromatic heterocycles. The Balaban J connectivity index is 1.52. The highest BCUT2D eigenvalue weighted by molar-refractivity contribution is 7.87. The molecule has 1 amide bonds. The van der Waals surface area contributed by atoms with E-state index in [2.05, 4.69) is 4.72 Å². The van der Waals surface area contributed by atoms with Crippen LogP contribution in [0.15, 0.2) is 48.5 Å². The van der Waals surface area contributed by atoms with Gasteiger partial charge in [-0.2, -0.15) is 17.4 Å². The third-order valence-electron chi connectivity index (χ3n) is 7.72. The molecule has 4 fully saturated rings. The van der Waals surface area contributed by atoms with E-state index in [1.54, 1.807) is 36.4 Å². The Morgan fingerprint density at radius 2 is 1.74 bits per heavy atom. The molecule has 6 nitrogen and oxygen atoms in total. The fraction of sp³-hybridized carbons (Fsp3) is 0.480. The van der Waals surface area contributed by atoms with E-state index in [1.807, 2.05) is 6.07 Å². The summed E-state index contributed by atoms with van der Waals surface area (Å²) in [6, 6.07) is 10.5. The fourth-order valence-electron chi connectivity index (χ4n) is 5.63. The van der Waals surface area contributed by atoms with Gasteiger partial charge in [-0.05, 0) is 42.7 Å². The number of hydrogen-bond acceptors (Lipinski definition) is 3. The number of benzene rings is 2. The van der Waals surface area contributed by atoms with Gasteiger partial charge in [0.2, 0.25) is 5.91 Å². The highest BCUT2D eigenvalue weighted by Crippen LogP contribution is 2.65. The lowest BCUT2D eigenvalue weighted by Crippen LogP contribution is -2.63. The molecule has 1 heterocycles. The predicted octanol–water partition coefficient (Wildman–Crippen LogP) is 3.45. The van der Waals surface area contributed by atoms with Crippen molar-refractivity contribution in [2.24, 2.45) is 11.3 Å². The maximum atomic E-state index is 15.6. The number of amides is 1. The van der Waals surface area contributed by atoms with Crippen molar-refractivity contribution in [3.05, 3.63) is 59.9 Å². The lowest BCUT2D eigenvalue weighted by molar-refractivity contribution is -0.178. The number of alkyl halides is 2. The molecule has 6 rings (SSSR count). The molecule has 2 bridgehead atoms. The number of nitrogens with zero attached hydrogens (tertiary/aromatic N) is 2. The standard InChI is InChI=1S/C25H28F3N3O3S/c1-30(2)35(33,34)29-22-20(31(15-25(22,27)28)23(32)24-12-16(13-24)14-24)11-18-9-6-10-19(21(18)26)17-7-4-3-5-8-17/h3-10,16,20,22,29H,11-15H2,1-2H3/t16?,20-,22+,24?/m0/s1. The third kappa shape index (κ3) is 4.05. The molecule has 2 atom stereocenters. The molecule has 0 spiro atoms. The Labute approximate surface area is 203 Å². The van der Waals surface area contributed by atoms with Gasteiger partial charge in [0.1, 0.15) is 11.9 Å². The van der Waals surface area contributed by atoms with Crippen molar-refractivity contribution >= 4 is 16.1 Å². The van der Waals surface area contributed by atoms with Crippen LogP contribution in [0.5, 0.6) is 0 Å². The highest BCUT2D eigenvalue weighted by Gasteiger charge is 2.66. The zero-order valence-corrected chi connectivity index (χ0v) is 20.4. The second-order valence-electron chi connectivity index (χ2n) is 10.3. The second-order valence-corrected chi connectivity index (χ2v) is 12.2. The van der Waals surface area contributed by atoms with Gasteiger partial charge in [0.25, 0.3) is 16.1 Å². The van der Waals surface area contributed by atoms with Crippen LogP contribution in [0.3, 0.4) is 0 Å². The SMILES string of the molecule is CN(C)S(=O)(=O)N[C@@H]1[C@H](Cc2cccc(-c3ccccc3)c2F)N(C(=O)C23CC(C2)C3)CC1(F)F. The lowest BCUT2D eigenvalue weighted by atomic mass is 9.44. The summed E-state index contributed by atoms with van der Waals surface area (Å²) in [6.07, 6.45) is 1.78. The van der Waals surface area contributed by atoms with Gasteiger partial charge in [-0.1, -0.05) is 48.5 Å². The van der Waals surface area contributed by atoms with Gasteiger partial charge in [0.15, 0.2) is 0 Å². The summed E-state index contributed by atoms with van der Waals surface area (Å²) in [6.45, 7) is -0.899. The van der Waals surface area contributed by atoms with Gasteiger partial charge >= 0.3 is 0 Å². The first-order chi connectivity index (χ1) is 16.4. The molecular weight excluding hydrogens is 479 g/mol. The zero-order chi connectivity index (χ0) is 25.2. The summed E-state index contributed by atoms with van der Waals surface area (Å²) in [4.78, 5) is 14.5. The quantitative estimate of drug-likeness (QED) is 0.624. The molecule has 3 aliphatic carbocycles. The van der Waals surface area contributed by atoms with Gasteiger partial charge in [-0.3, -0.25) is 4.79 Å². The number of halogens is 3. The summed E-state index contributed by atoms with van der Waals surface area (Å²) in [7, 11) is -1.77. The number of carbonyl (C=O) groups excluding carboxylic acids is 1. The van der Waals surface area contributed by atoms with Crippen LogP contribution in [-0.2, 0) is 21.4 Å². The van der Waals surface area contributed by atoms with E-state index in [9.17, 15) is 13.2 Å². The van der Waals surface area contributed by atoms with E-state index < -0.39 is 46.0 Å². The molecule has 188 valence electrons. The van der Waals surface area contributed by atoms with Crippen LogP contribution in [0, 0.1) is 17.2 Å². The van der Waals surface area contributed by atoms with E-state index in [0.29, 0.717) is 36.3 Å². The molecule has 1 aliphatic heterocycles. The molecule has 0 unspecified atom stereocenters. The molecule has 0 radical (unpaired) electrons. The molecule has 2 aromatic carbocycles. The van der Waals surface area contributed by atoms with Crippen molar-refractivity contribution in [3.63, 3.8) is 0 Å². The molecule has 2 aromatic rings. The smallest absolute Gasteiger partial charge is 0.283 e. The molecule has 1 N–H and O–H groups in total. The van der Waals surface area contributed by atoms with E-state index in [0.717, 1.165) is 9.21 Å². The highest BCUT2D eigenvalue weighted by atomic mass is 32.2. The number of nitrogens with one attached hydrogen (secondary N) is 1. The number of likely N-dealkylation sites (tertiary alicyclic amines) is 1. The largest absolute Gasteiger partial charge is 0.331 e. The van der Waals surface area contributed by atoms with Gasteiger partial charge in [-0.15, -0.1) is 0 Å². The summed E-state index contributed by atoms with van der Waals surface area (Å²) < 4.78 is 74.2. The topological polar surface area (TPSA) is 69.7 Å². The first-order valence-electron chi connectivity index (χ1n) is 11.6. The van der Waals surface area contributed by atoms with Crippen molar-refractivity contribution in [3.8, 4) is 11.1 Å². The van der Waals surface area contributed by atoms with Gasteiger partial charge in [0, 0.05) is 19.7 Å². The second kappa shape index (κ2) is 8.31. The average molecular weight is 508 g/mol. The molecule has 35 heavy (non-hydrogen) atoms. The summed E-state index contributed by atoms with van der Waals surface area (Å²) in [5.74, 6) is -4.00. The predicted molar refractivity (Wildman–Crippen MR) is 125 cm³/mol. The van der Waals surface area contributed by atoms with Crippen LogP contribution in [0.25, 0.3) is 11.1 Å². The Morgan fingerprint density at radius 3 is 2.31 bits per heavy atom. The number of hydrogen-bond donors (Lipinski definition) is 1. The van der Waals surface area contributed by atoms with Crippen molar-refractivity contribution in [1.29, 1.82) is 0 Å². The van der Waals surface area contributed by atoms with Crippen LogP contribution >= 0.6 is 0 Å². The van der Waals surface area contributed by atoms with E-state index in [1.165, 1.54) is 20.2 Å². The van der Waals surface area contributed by atoms with E-state index in [-0.39, 0.29) is 17.9 Å². The normalized spacial score (nSPS) is 29.1. The number of rotatable bonds is 7. The Hall–Kier alpha value is -2.43. The van der Waals surface area contributed by atoms with Crippen molar-refractivity contribution in [1.82, 2.24) is 13.9 Å². The first-order valence-corrected chi connectivity index (χ1v) is 13.1. The first kappa shape index (κ1) is 24.3. The minimum atomic E-state index is -4.23. The minimum absolute atomic E-state index is 0.151. The molecule has 1 saturated heterocycles. The van der Waals surface area contributed by atoms with Gasteiger partial charge in [-0.25, -0.2) is 13.2 Å². The maximum absolute atomic E-state index is 15.6. The third-order valence-corrected chi connectivity index (χ3v) is 9.24. The molecule has 10 heteroatoms. The summed E-state index contributed by atoms with van der Waals surface area (Å²) in [5, 5.41) is 0. The van der Waals surface area contributed by atoms with E-state index >= 15 is 13.2 Å².